The summed E-state index contributed by atoms with van der Waals surface area (Å²) in [7, 11) is 0. The Hall–Kier alpha value is -1.38. The van der Waals surface area contributed by atoms with Crippen molar-refractivity contribution in [2.75, 3.05) is 0 Å². The maximum Gasteiger partial charge on any atom is 0.142 e. The molecule has 2 N–H and O–H groups in total. The molecule has 2 rings (SSSR count). The maximum atomic E-state index is 13.5. The van der Waals surface area contributed by atoms with Gasteiger partial charge >= 0.3 is 0 Å². The van der Waals surface area contributed by atoms with E-state index in [1.54, 1.807) is 12.1 Å². The summed E-state index contributed by atoms with van der Waals surface area (Å²) >= 11 is 6.02. The van der Waals surface area contributed by atoms with Crippen LogP contribution in [0, 0.1) is 26.6 Å². The average Bonchev–Trinajstić information content (AvgIpc) is 2.31. The number of rotatable bonds is 2. The highest BCUT2D eigenvalue weighted by atomic mass is 35.5. The monoisotopic (exact) mass is 277 g/mol. The minimum Gasteiger partial charge on any atom is -0.320 e. The van der Waals surface area contributed by atoms with E-state index in [4.69, 9.17) is 17.3 Å². The molecule has 0 aliphatic heterocycles. The van der Waals surface area contributed by atoms with Gasteiger partial charge in [0.15, 0.2) is 0 Å². The third-order valence-electron chi connectivity index (χ3n) is 3.37. The fourth-order valence-corrected chi connectivity index (χ4v) is 2.84. The van der Waals surface area contributed by atoms with Crippen molar-refractivity contribution in [3.8, 4) is 0 Å². The van der Waals surface area contributed by atoms with E-state index in [-0.39, 0.29) is 5.02 Å². The van der Waals surface area contributed by atoms with Crippen LogP contribution in [0.2, 0.25) is 5.02 Å². The third-order valence-corrected chi connectivity index (χ3v) is 3.76. The molecule has 1 nitrogen and oxygen atoms in total. The average molecular weight is 278 g/mol. The fourth-order valence-electron chi connectivity index (χ4n) is 2.60. The van der Waals surface area contributed by atoms with Crippen LogP contribution in [0.15, 0.2) is 30.3 Å². The van der Waals surface area contributed by atoms with E-state index in [1.807, 2.05) is 20.8 Å². The second-order valence-electron chi connectivity index (χ2n) is 4.93. The first-order valence-electron chi connectivity index (χ1n) is 6.19. The van der Waals surface area contributed by atoms with Gasteiger partial charge < -0.3 is 5.73 Å². The molecule has 0 amide bonds. The number of aryl methyl sites for hydroxylation is 3. The molecule has 0 bridgehead atoms. The van der Waals surface area contributed by atoms with Crippen LogP contribution in [-0.2, 0) is 0 Å². The minimum absolute atomic E-state index is 0.106. The molecule has 2 aromatic rings. The number of benzene rings is 2. The molecule has 0 aromatic heterocycles. The van der Waals surface area contributed by atoms with Crippen molar-refractivity contribution < 1.29 is 4.39 Å². The van der Waals surface area contributed by atoms with Gasteiger partial charge in [-0.25, -0.2) is 4.39 Å². The highest BCUT2D eigenvalue weighted by Crippen LogP contribution is 2.32. The lowest BCUT2D eigenvalue weighted by molar-refractivity contribution is 0.624. The molecule has 1 atom stereocenters. The summed E-state index contributed by atoms with van der Waals surface area (Å²) in [5, 5.41) is 0.106. The smallest absolute Gasteiger partial charge is 0.142 e. The number of halogens is 2. The molecule has 0 spiro atoms. The van der Waals surface area contributed by atoms with Gasteiger partial charge in [0.25, 0.3) is 0 Å². The van der Waals surface area contributed by atoms with Gasteiger partial charge in [-0.15, -0.1) is 0 Å². The molecule has 0 fully saturated rings. The summed E-state index contributed by atoms with van der Waals surface area (Å²) in [5.74, 6) is -0.433. The quantitative estimate of drug-likeness (QED) is 0.862. The van der Waals surface area contributed by atoms with Gasteiger partial charge in [-0.2, -0.15) is 0 Å². The molecule has 19 heavy (non-hydrogen) atoms. The topological polar surface area (TPSA) is 26.0 Å². The lowest BCUT2D eigenvalue weighted by atomic mass is 9.90. The Morgan fingerprint density at radius 2 is 1.68 bits per heavy atom. The van der Waals surface area contributed by atoms with E-state index in [1.165, 1.54) is 11.6 Å². The Kier molecular flexibility index (Phi) is 3.93. The van der Waals surface area contributed by atoms with E-state index >= 15 is 0 Å². The first-order valence-corrected chi connectivity index (χ1v) is 6.57. The highest BCUT2D eigenvalue weighted by Gasteiger charge is 2.18. The maximum absolute atomic E-state index is 13.5. The van der Waals surface area contributed by atoms with E-state index in [9.17, 15) is 4.39 Å². The van der Waals surface area contributed by atoms with Crippen molar-refractivity contribution in [2.45, 2.75) is 26.8 Å². The Morgan fingerprint density at radius 3 is 2.26 bits per heavy atom. The second kappa shape index (κ2) is 5.32. The molecule has 2 aromatic carbocycles. The van der Waals surface area contributed by atoms with Crippen LogP contribution in [0.1, 0.15) is 33.9 Å². The van der Waals surface area contributed by atoms with Gasteiger partial charge in [0.05, 0.1) is 11.1 Å². The van der Waals surface area contributed by atoms with Crippen LogP contribution in [0.5, 0.6) is 0 Å². The van der Waals surface area contributed by atoms with Crippen LogP contribution in [0.3, 0.4) is 0 Å². The lowest BCUT2D eigenvalue weighted by Crippen LogP contribution is -2.16. The van der Waals surface area contributed by atoms with Crippen molar-refractivity contribution in [1.29, 1.82) is 0 Å². The summed E-state index contributed by atoms with van der Waals surface area (Å²) in [5.41, 5.74) is 11.3. The van der Waals surface area contributed by atoms with E-state index < -0.39 is 11.9 Å². The normalized spacial score (nSPS) is 12.5. The van der Waals surface area contributed by atoms with Crippen LogP contribution in [0.4, 0.5) is 4.39 Å². The molecule has 0 aliphatic carbocycles. The van der Waals surface area contributed by atoms with Crippen molar-refractivity contribution in [2.24, 2.45) is 5.73 Å². The zero-order valence-electron chi connectivity index (χ0n) is 11.3. The van der Waals surface area contributed by atoms with E-state index in [0.29, 0.717) is 5.56 Å². The number of hydrogen-bond donors (Lipinski definition) is 1. The molecule has 100 valence electrons. The Bertz CT molecular complexity index is 599. The Labute approximate surface area is 118 Å². The first kappa shape index (κ1) is 14.0. The van der Waals surface area contributed by atoms with Crippen LogP contribution >= 0.6 is 11.6 Å². The Balaban J connectivity index is 2.56. The molecular formula is C16H17ClFN. The van der Waals surface area contributed by atoms with Crippen molar-refractivity contribution >= 4 is 11.6 Å². The molecular weight excluding hydrogens is 261 g/mol. The minimum atomic E-state index is -0.433. The fraction of sp³-hybridized carbons (Fsp3) is 0.250. The Morgan fingerprint density at radius 1 is 1.11 bits per heavy atom. The van der Waals surface area contributed by atoms with Gasteiger partial charge in [-0.05, 0) is 49.1 Å². The third kappa shape index (κ3) is 2.65. The zero-order valence-corrected chi connectivity index (χ0v) is 12.1. The van der Waals surface area contributed by atoms with Gasteiger partial charge in [0.2, 0.25) is 0 Å². The van der Waals surface area contributed by atoms with Gasteiger partial charge in [-0.3, -0.25) is 0 Å². The summed E-state index contributed by atoms with van der Waals surface area (Å²) in [6.45, 7) is 6.08. The van der Waals surface area contributed by atoms with Crippen molar-refractivity contribution in [3.05, 3.63) is 69.0 Å². The van der Waals surface area contributed by atoms with Gasteiger partial charge in [0, 0.05) is 0 Å². The number of hydrogen-bond acceptors (Lipinski definition) is 1. The predicted molar refractivity (Wildman–Crippen MR) is 78.1 cm³/mol. The molecule has 3 heteroatoms. The van der Waals surface area contributed by atoms with Crippen LogP contribution < -0.4 is 5.73 Å². The molecule has 0 radical (unpaired) electrons. The second-order valence-corrected chi connectivity index (χ2v) is 5.31. The number of nitrogens with two attached hydrogens (primary N) is 1. The molecule has 0 aliphatic rings. The summed E-state index contributed by atoms with van der Waals surface area (Å²) < 4.78 is 13.5. The molecule has 0 heterocycles. The first-order chi connectivity index (χ1) is 8.91. The predicted octanol–water partition coefficient (Wildman–Crippen LogP) is 4.45. The van der Waals surface area contributed by atoms with E-state index in [0.717, 1.165) is 16.7 Å². The molecule has 1 unspecified atom stereocenters. The zero-order chi connectivity index (χ0) is 14.2. The van der Waals surface area contributed by atoms with Crippen molar-refractivity contribution in [1.82, 2.24) is 0 Å². The van der Waals surface area contributed by atoms with Gasteiger partial charge in [-0.1, -0.05) is 41.4 Å². The molecule has 0 saturated heterocycles. The molecule has 0 saturated carbocycles. The SMILES string of the molecule is Cc1cc(C)c(C(N)c2cccc(F)c2Cl)c(C)c1. The highest BCUT2D eigenvalue weighted by molar-refractivity contribution is 6.31. The van der Waals surface area contributed by atoms with E-state index in [2.05, 4.69) is 12.1 Å². The van der Waals surface area contributed by atoms with Crippen molar-refractivity contribution in [3.63, 3.8) is 0 Å². The summed E-state index contributed by atoms with van der Waals surface area (Å²) in [6, 6.07) is 8.49. The summed E-state index contributed by atoms with van der Waals surface area (Å²) in [4.78, 5) is 0. The van der Waals surface area contributed by atoms with Crippen LogP contribution in [0.25, 0.3) is 0 Å². The standard InChI is InChI=1S/C16H17ClFN/c1-9-7-10(2)14(11(3)8-9)16(19)12-5-4-6-13(18)15(12)17/h4-8,16H,19H2,1-3H3. The van der Waals surface area contributed by atoms with Gasteiger partial charge in [0.1, 0.15) is 5.82 Å². The lowest BCUT2D eigenvalue weighted by Gasteiger charge is -2.20. The van der Waals surface area contributed by atoms with Crippen LogP contribution in [-0.4, -0.2) is 0 Å². The summed E-state index contributed by atoms with van der Waals surface area (Å²) in [6.07, 6.45) is 0. The largest absolute Gasteiger partial charge is 0.320 e.